The first-order valence-electron chi connectivity index (χ1n) is 8.74. The first-order chi connectivity index (χ1) is 13.0. The summed E-state index contributed by atoms with van der Waals surface area (Å²) in [5.41, 5.74) is 1.09. The predicted molar refractivity (Wildman–Crippen MR) is 92.8 cm³/mol. The Morgan fingerprint density at radius 1 is 1.26 bits per heavy atom. The molecule has 7 nitrogen and oxygen atoms in total. The van der Waals surface area contributed by atoms with Gasteiger partial charge in [-0.2, -0.15) is 4.98 Å². The molecule has 8 heteroatoms. The van der Waals surface area contributed by atoms with Crippen LogP contribution < -0.4 is 0 Å². The molecule has 3 heterocycles. The molecule has 0 amide bonds. The monoisotopic (exact) mass is 373 g/mol. The second kappa shape index (κ2) is 7.22. The van der Waals surface area contributed by atoms with Crippen LogP contribution in [0.25, 0.3) is 11.4 Å². The lowest BCUT2D eigenvalue weighted by atomic mass is 10.1. The van der Waals surface area contributed by atoms with Gasteiger partial charge < -0.3 is 19.2 Å². The second-order valence-electron chi connectivity index (χ2n) is 6.78. The third kappa shape index (κ3) is 3.64. The fourth-order valence-electron chi connectivity index (χ4n) is 3.32. The van der Waals surface area contributed by atoms with E-state index in [0.717, 1.165) is 0 Å². The third-order valence-corrected chi connectivity index (χ3v) is 4.77. The molecule has 0 radical (unpaired) electrons. The van der Waals surface area contributed by atoms with Crippen LogP contribution in [0.5, 0.6) is 0 Å². The summed E-state index contributed by atoms with van der Waals surface area (Å²) in [5.74, 6) is 1.53. The van der Waals surface area contributed by atoms with E-state index in [-0.39, 0.29) is 18.5 Å². The number of rotatable bonds is 5. The molecule has 1 aliphatic heterocycles. The van der Waals surface area contributed by atoms with Gasteiger partial charge in [-0.05, 0) is 37.1 Å². The van der Waals surface area contributed by atoms with Crippen LogP contribution in [0, 0.1) is 12.7 Å². The first kappa shape index (κ1) is 17.8. The van der Waals surface area contributed by atoms with Gasteiger partial charge in [-0.3, -0.25) is 4.90 Å². The standard InChI is InChI=1S/C19H20FN3O4/c1-11-2-3-12(6-16(11)20)18-21-19(27-22-18)17-7-13(25)8-23(17)9-14-4-5-15(10-24)26-14/h2-6,13,17,24-25H,7-10H2,1H3/t13-,17-/m1/s1. The molecule has 1 fully saturated rings. The molecule has 142 valence electrons. The van der Waals surface area contributed by atoms with Crippen molar-refractivity contribution in [2.75, 3.05) is 6.54 Å². The van der Waals surface area contributed by atoms with Crippen molar-refractivity contribution in [3.05, 3.63) is 59.1 Å². The van der Waals surface area contributed by atoms with Crippen LogP contribution in [-0.4, -0.2) is 37.9 Å². The third-order valence-electron chi connectivity index (χ3n) is 4.77. The number of β-amino-alcohol motifs (C(OH)–C–C–N with tert-alkyl or cyclic N) is 1. The molecule has 0 unspecified atom stereocenters. The molecule has 3 aromatic rings. The lowest BCUT2D eigenvalue weighted by molar-refractivity contribution is 0.160. The average molecular weight is 373 g/mol. The molecule has 0 spiro atoms. The van der Waals surface area contributed by atoms with Gasteiger partial charge in [0.25, 0.3) is 0 Å². The minimum absolute atomic E-state index is 0.161. The SMILES string of the molecule is Cc1ccc(-c2noc([C@H]3C[C@@H](O)CN3Cc3ccc(CO)o3)n2)cc1F. The van der Waals surface area contributed by atoms with E-state index in [0.29, 0.717) is 53.9 Å². The minimum Gasteiger partial charge on any atom is -0.462 e. The van der Waals surface area contributed by atoms with Gasteiger partial charge in [0.1, 0.15) is 23.9 Å². The summed E-state index contributed by atoms with van der Waals surface area (Å²) >= 11 is 0. The summed E-state index contributed by atoms with van der Waals surface area (Å²) in [7, 11) is 0. The number of aliphatic hydroxyl groups is 2. The normalized spacial score (nSPS) is 20.4. The van der Waals surface area contributed by atoms with Gasteiger partial charge in [0.2, 0.25) is 11.7 Å². The highest BCUT2D eigenvalue weighted by molar-refractivity contribution is 5.55. The number of aryl methyl sites for hydroxylation is 1. The summed E-state index contributed by atoms with van der Waals surface area (Å²) in [4.78, 5) is 6.40. The van der Waals surface area contributed by atoms with Crippen molar-refractivity contribution in [1.29, 1.82) is 0 Å². The van der Waals surface area contributed by atoms with Gasteiger partial charge >= 0.3 is 0 Å². The maximum absolute atomic E-state index is 13.8. The maximum atomic E-state index is 13.8. The molecule has 2 atom stereocenters. The number of hydrogen-bond donors (Lipinski definition) is 2. The quantitative estimate of drug-likeness (QED) is 0.710. The zero-order valence-electron chi connectivity index (χ0n) is 14.8. The van der Waals surface area contributed by atoms with Crippen LogP contribution in [0.4, 0.5) is 4.39 Å². The smallest absolute Gasteiger partial charge is 0.244 e. The first-order valence-corrected chi connectivity index (χ1v) is 8.74. The predicted octanol–water partition coefficient (Wildman–Crippen LogP) is 2.58. The van der Waals surface area contributed by atoms with Gasteiger partial charge in [0, 0.05) is 12.1 Å². The van der Waals surface area contributed by atoms with Crippen molar-refractivity contribution in [1.82, 2.24) is 15.0 Å². The topological polar surface area (TPSA) is 95.8 Å². The Balaban J connectivity index is 1.55. The maximum Gasteiger partial charge on any atom is 0.244 e. The van der Waals surface area contributed by atoms with Crippen molar-refractivity contribution < 1.29 is 23.5 Å². The van der Waals surface area contributed by atoms with Gasteiger partial charge in [0.15, 0.2) is 0 Å². The van der Waals surface area contributed by atoms with Crippen LogP contribution in [0.2, 0.25) is 0 Å². The van der Waals surface area contributed by atoms with Crippen LogP contribution in [0.1, 0.15) is 35.4 Å². The highest BCUT2D eigenvalue weighted by atomic mass is 19.1. The molecule has 1 aliphatic rings. The number of aromatic nitrogens is 2. The molecule has 2 aromatic heterocycles. The van der Waals surface area contributed by atoms with Crippen molar-refractivity contribution in [2.45, 2.75) is 38.6 Å². The zero-order valence-corrected chi connectivity index (χ0v) is 14.8. The Kier molecular flexibility index (Phi) is 4.77. The fraction of sp³-hybridized carbons (Fsp3) is 0.368. The molecule has 0 saturated carbocycles. The van der Waals surface area contributed by atoms with E-state index < -0.39 is 6.10 Å². The Labute approximate surface area is 155 Å². The minimum atomic E-state index is -0.519. The van der Waals surface area contributed by atoms with Crippen LogP contribution in [0.3, 0.4) is 0 Å². The Bertz CT molecular complexity index is 939. The number of halogens is 1. The Morgan fingerprint density at radius 3 is 2.81 bits per heavy atom. The molecule has 4 rings (SSSR count). The van der Waals surface area contributed by atoms with E-state index in [1.54, 1.807) is 31.2 Å². The summed E-state index contributed by atoms with van der Waals surface area (Å²) < 4.78 is 24.7. The Hall–Kier alpha value is -2.55. The van der Waals surface area contributed by atoms with E-state index >= 15 is 0 Å². The van der Waals surface area contributed by atoms with Crippen LogP contribution >= 0.6 is 0 Å². The summed E-state index contributed by atoms with van der Waals surface area (Å²) in [6, 6.07) is 8.04. The fourth-order valence-corrected chi connectivity index (χ4v) is 3.32. The van der Waals surface area contributed by atoms with E-state index in [4.69, 9.17) is 14.0 Å². The van der Waals surface area contributed by atoms with Crippen molar-refractivity contribution >= 4 is 0 Å². The number of furan rings is 1. The average Bonchev–Trinajstić information content (AvgIpc) is 3.37. The highest BCUT2D eigenvalue weighted by Gasteiger charge is 2.36. The number of likely N-dealkylation sites (tertiary alicyclic amines) is 1. The van der Waals surface area contributed by atoms with E-state index in [1.807, 2.05) is 4.90 Å². The van der Waals surface area contributed by atoms with Gasteiger partial charge in [0.05, 0.1) is 18.7 Å². The number of benzene rings is 1. The van der Waals surface area contributed by atoms with E-state index in [1.165, 1.54) is 6.07 Å². The van der Waals surface area contributed by atoms with Gasteiger partial charge in [-0.1, -0.05) is 17.3 Å². The zero-order chi connectivity index (χ0) is 19.0. The summed E-state index contributed by atoms with van der Waals surface area (Å²) in [6.07, 6.45) is -0.0632. The second-order valence-corrected chi connectivity index (χ2v) is 6.78. The largest absolute Gasteiger partial charge is 0.462 e. The highest BCUT2D eigenvalue weighted by Crippen LogP contribution is 2.34. The number of aliphatic hydroxyl groups excluding tert-OH is 2. The Morgan fingerprint density at radius 2 is 2.07 bits per heavy atom. The molecule has 2 N–H and O–H groups in total. The molecular formula is C19H20FN3O4. The molecular weight excluding hydrogens is 353 g/mol. The number of nitrogens with zero attached hydrogens (tertiary/aromatic N) is 3. The van der Waals surface area contributed by atoms with E-state index in [9.17, 15) is 9.50 Å². The lowest BCUT2D eigenvalue weighted by Gasteiger charge is -2.19. The lowest BCUT2D eigenvalue weighted by Crippen LogP contribution is -2.24. The van der Waals surface area contributed by atoms with Crippen molar-refractivity contribution in [2.24, 2.45) is 0 Å². The molecule has 0 bridgehead atoms. The molecule has 0 aliphatic carbocycles. The van der Waals surface area contributed by atoms with E-state index in [2.05, 4.69) is 10.1 Å². The van der Waals surface area contributed by atoms with Gasteiger partial charge in [-0.25, -0.2) is 4.39 Å². The summed E-state index contributed by atoms with van der Waals surface area (Å²) in [6.45, 7) is 2.41. The van der Waals surface area contributed by atoms with Crippen molar-refractivity contribution in [3.63, 3.8) is 0 Å². The van der Waals surface area contributed by atoms with Crippen molar-refractivity contribution in [3.8, 4) is 11.4 Å². The summed E-state index contributed by atoms with van der Waals surface area (Å²) in [5, 5.41) is 23.2. The molecule has 1 aromatic carbocycles. The van der Waals surface area contributed by atoms with Gasteiger partial charge in [-0.15, -0.1) is 0 Å². The van der Waals surface area contributed by atoms with Crippen LogP contribution in [0.15, 0.2) is 39.3 Å². The van der Waals surface area contributed by atoms with Crippen LogP contribution in [-0.2, 0) is 13.2 Å². The molecule has 27 heavy (non-hydrogen) atoms. The molecule has 1 saturated heterocycles. The number of hydrogen-bond acceptors (Lipinski definition) is 7.